The number of carbonyl (C=O) groups is 1. The minimum absolute atomic E-state index is 0.0443. The van der Waals surface area contributed by atoms with Crippen LogP contribution < -0.4 is 4.74 Å². The Morgan fingerprint density at radius 1 is 1.12 bits per heavy atom. The molecule has 0 spiro atoms. The van der Waals surface area contributed by atoms with Crippen LogP contribution in [0, 0.1) is 11.7 Å². The normalized spacial score (nSPS) is 30.0. The summed E-state index contributed by atoms with van der Waals surface area (Å²) in [6.45, 7) is 7.57. The van der Waals surface area contributed by atoms with Gasteiger partial charge in [-0.05, 0) is 70.6 Å². The molecule has 1 amide bonds. The molecule has 2 heterocycles. The lowest BCUT2D eigenvalue weighted by Gasteiger charge is -2.32. The molecule has 1 saturated carbocycles. The van der Waals surface area contributed by atoms with Crippen molar-refractivity contribution >= 4 is 15.9 Å². The number of carbonyl (C=O) groups excluding carboxylic acids is 1. The number of sulfone groups is 1. The zero-order chi connectivity index (χ0) is 23.3. The second-order valence-electron chi connectivity index (χ2n) is 10.3. The second kappa shape index (κ2) is 8.48. The van der Waals surface area contributed by atoms with E-state index in [4.69, 9.17) is 9.47 Å². The van der Waals surface area contributed by atoms with E-state index >= 15 is 0 Å². The molecule has 2 unspecified atom stereocenters. The van der Waals surface area contributed by atoms with Crippen molar-refractivity contribution in [3.05, 3.63) is 24.0 Å². The summed E-state index contributed by atoms with van der Waals surface area (Å²) in [5, 5.41) is 0. The molecule has 32 heavy (non-hydrogen) atoms. The van der Waals surface area contributed by atoms with E-state index in [0.717, 1.165) is 51.1 Å². The molecule has 2 atom stereocenters. The monoisotopic (exact) mass is 468 g/mol. The minimum Gasteiger partial charge on any atom is -0.490 e. The average molecular weight is 469 g/mol. The van der Waals surface area contributed by atoms with Crippen molar-refractivity contribution in [1.29, 1.82) is 0 Å². The van der Waals surface area contributed by atoms with Gasteiger partial charge in [0, 0.05) is 37.5 Å². The van der Waals surface area contributed by atoms with Crippen molar-refractivity contribution in [2.75, 3.05) is 26.0 Å². The number of halogens is 1. The van der Waals surface area contributed by atoms with E-state index in [0.29, 0.717) is 30.7 Å². The van der Waals surface area contributed by atoms with Crippen LogP contribution in [0.3, 0.4) is 0 Å². The number of hydrogen-bond donors (Lipinski definition) is 0. The third kappa shape index (κ3) is 5.20. The molecule has 9 heteroatoms. The second-order valence-corrected chi connectivity index (χ2v) is 12.3. The maximum atomic E-state index is 14.2. The molecule has 3 aliphatic rings. The van der Waals surface area contributed by atoms with E-state index in [1.54, 1.807) is 0 Å². The first kappa shape index (κ1) is 23.3. The van der Waals surface area contributed by atoms with Gasteiger partial charge < -0.3 is 14.4 Å². The Balaban J connectivity index is 1.20. The highest BCUT2D eigenvalue weighted by Crippen LogP contribution is 2.43. The average Bonchev–Trinajstić information content (AvgIpc) is 3.18. The van der Waals surface area contributed by atoms with Gasteiger partial charge in [-0.2, -0.15) is 0 Å². The fraction of sp³-hybridized carbons (Fsp3) is 0.696. The van der Waals surface area contributed by atoms with Crippen LogP contribution in [0.5, 0.6) is 5.75 Å². The molecule has 0 bridgehead atoms. The van der Waals surface area contributed by atoms with Crippen LogP contribution in [-0.4, -0.2) is 74.0 Å². The number of fused-ring (bicyclic) bond motifs is 1. The highest BCUT2D eigenvalue weighted by molar-refractivity contribution is 7.90. The van der Waals surface area contributed by atoms with Crippen molar-refractivity contribution in [1.82, 2.24) is 9.80 Å². The maximum Gasteiger partial charge on any atom is 0.410 e. The summed E-state index contributed by atoms with van der Waals surface area (Å²) in [6.07, 6.45) is 5.01. The summed E-state index contributed by atoms with van der Waals surface area (Å²) in [5.74, 6) is -0.186. The summed E-state index contributed by atoms with van der Waals surface area (Å²) >= 11 is 0. The molecule has 1 aromatic carbocycles. The third-order valence-electron chi connectivity index (χ3n) is 6.63. The standard InChI is InChI=1S/C23H33FN2O5S/c1-23(2,3)31-22(27)25-12-19-20(13-25)26(19)16-7-5-15(6-8-16)14-30-21-10-9-17(11-18(21)24)32(4,28)29/h9-11,15-16,19-20H,5-8,12-14H2,1-4H3. The Morgan fingerprint density at radius 2 is 1.75 bits per heavy atom. The number of piperazine rings is 1. The number of rotatable bonds is 5. The van der Waals surface area contributed by atoms with Gasteiger partial charge in [-0.1, -0.05) is 0 Å². The summed E-state index contributed by atoms with van der Waals surface area (Å²) in [4.78, 5) is 16.6. The van der Waals surface area contributed by atoms with Crippen molar-refractivity contribution in [3.8, 4) is 5.75 Å². The lowest BCUT2D eigenvalue weighted by atomic mass is 9.86. The van der Waals surface area contributed by atoms with Crippen LogP contribution in [0.25, 0.3) is 0 Å². The fourth-order valence-electron chi connectivity index (χ4n) is 4.98. The van der Waals surface area contributed by atoms with Gasteiger partial charge in [0.2, 0.25) is 0 Å². The molecule has 1 aliphatic carbocycles. The smallest absolute Gasteiger partial charge is 0.410 e. The molecule has 3 fully saturated rings. The van der Waals surface area contributed by atoms with Crippen molar-refractivity contribution in [2.24, 2.45) is 5.92 Å². The third-order valence-corrected chi connectivity index (χ3v) is 7.74. The summed E-state index contributed by atoms with van der Waals surface area (Å²) in [7, 11) is -3.44. The molecule has 7 nitrogen and oxygen atoms in total. The minimum atomic E-state index is -3.44. The van der Waals surface area contributed by atoms with Crippen LogP contribution in [0.2, 0.25) is 0 Å². The van der Waals surface area contributed by atoms with Crippen LogP contribution in [0.4, 0.5) is 9.18 Å². The zero-order valence-corrected chi connectivity index (χ0v) is 20.0. The first-order valence-electron chi connectivity index (χ1n) is 11.3. The van der Waals surface area contributed by atoms with Crippen LogP contribution in [0.1, 0.15) is 46.5 Å². The molecule has 1 aromatic rings. The van der Waals surface area contributed by atoms with E-state index in [1.165, 1.54) is 12.1 Å². The quantitative estimate of drug-likeness (QED) is 0.616. The Labute approximate surface area is 189 Å². The summed E-state index contributed by atoms with van der Waals surface area (Å²) in [6, 6.07) is 5.22. The molecule has 0 N–H and O–H groups in total. The number of ether oxygens (including phenoxy) is 2. The van der Waals surface area contributed by atoms with E-state index in [1.807, 2.05) is 25.7 Å². The van der Waals surface area contributed by atoms with E-state index in [-0.39, 0.29) is 16.7 Å². The molecule has 2 aliphatic heterocycles. The van der Waals surface area contributed by atoms with Crippen LogP contribution in [-0.2, 0) is 14.6 Å². The number of nitrogens with zero attached hydrogens (tertiary/aromatic N) is 2. The molecule has 178 valence electrons. The highest BCUT2D eigenvalue weighted by atomic mass is 32.2. The van der Waals surface area contributed by atoms with Gasteiger partial charge in [-0.15, -0.1) is 0 Å². The van der Waals surface area contributed by atoms with Gasteiger partial charge in [0.25, 0.3) is 0 Å². The lowest BCUT2D eigenvalue weighted by Crippen LogP contribution is -2.41. The van der Waals surface area contributed by atoms with Gasteiger partial charge in [0.15, 0.2) is 21.4 Å². The highest BCUT2D eigenvalue weighted by Gasteiger charge is 2.57. The van der Waals surface area contributed by atoms with Gasteiger partial charge in [0.05, 0.1) is 11.5 Å². The van der Waals surface area contributed by atoms with Crippen molar-refractivity contribution < 1.29 is 27.1 Å². The molecule has 2 saturated heterocycles. The predicted octanol–water partition coefficient (Wildman–Crippen LogP) is 3.47. The van der Waals surface area contributed by atoms with Gasteiger partial charge >= 0.3 is 6.09 Å². The first-order valence-corrected chi connectivity index (χ1v) is 13.2. The first-order chi connectivity index (χ1) is 14.9. The molecule has 0 radical (unpaired) electrons. The molecule has 0 aromatic heterocycles. The Kier molecular flexibility index (Phi) is 6.17. The lowest BCUT2D eigenvalue weighted by molar-refractivity contribution is 0.0244. The topological polar surface area (TPSA) is 75.9 Å². The maximum absolute atomic E-state index is 14.2. The SMILES string of the molecule is CC(C)(C)OC(=O)N1CC2C(C1)N2C1CCC(COc2ccc(S(C)(=O)=O)cc2F)CC1. The van der Waals surface area contributed by atoms with E-state index in [2.05, 4.69) is 4.90 Å². The van der Waals surface area contributed by atoms with Crippen molar-refractivity contribution in [3.63, 3.8) is 0 Å². The Hall–Kier alpha value is -1.87. The number of hydrogen-bond acceptors (Lipinski definition) is 6. The number of benzene rings is 1. The number of likely N-dealkylation sites (tertiary alicyclic amines) is 1. The Bertz CT molecular complexity index is 957. The van der Waals surface area contributed by atoms with Crippen LogP contribution >= 0.6 is 0 Å². The molecular weight excluding hydrogens is 435 g/mol. The van der Waals surface area contributed by atoms with Crippen molar-refractivity contribution in [2.45, 2.75) is 75.1 Å². The summed E-state index contributed by atoms with van der Waals surface area (Å²) in [5.41, 5.74) is -0.470. The van der Waals surface area contributed by atoms with E-state index < -0.39 is 21.3 Å². The summed E-state index contributed by atoms with van der Waals surface area (Å²) < 4.78 is 48.4. The fourth-order valence-corrected chi connectivity index (χ4v) is 5.61. The van der Waals surface area contributed by atoms with E-state index in [9.17, 15) is 17.6 Å². The zero-order valence-electron chi connectivity index (χ0n) is 19.2. The largest absolute Gasteiger partial charge is 0.490 e. The predicted molar refractivity (Wildman–Crippen MR) is 118 cm³/mol. The van der Waals surface area contributed by atoms with Gasteiger partial charge in [0.1, 0.15) is 5.60 Å². The van der Waals surface area contributed by atoms with Gasteiger partial charge in [-0.3, -0.25) is 4.90 Å². The molecular formula is C23H33FN2O5S. The van der Waals surface area contributed by atoms with Crippen LogP contribution in [0.15, 0.2) is 23.1 Å². The Morgan fingerprint density at radius 3 is 2.28 bits per heavy atom. The van der Waals surface area contributed by atoms with Gasteiger partial charge in [-0.25, -0.2) is 17.6 Å². The molecule has 4 rings (SSSR count). The number of amides is 1.